The number of unbranched alkanes of at least 4 members (excludes halogenated alkanes) is 1. The van der Waals surface area contributed by atoms with Crippen LogP contribution < -0.4 is 10.6 Å². The molecule has 96 valence electrons. The predicted octanol–water partition coefficient (Wildman–Crippen LogP) is 0.899. The van der Waals surface area contributed by atoms with Crippen molar-refractivity contribution in [2.75, 3.05) is 19.7 Å². The van der Waals surface area contributed by atoms with Crippen LogP contribution in [0.2, 0.25) is 0 Å². The first-order valence-corrected chi connectivity index (χ1v) is 6.23. The number of hydrogen-bond acceptors (Lipinski definition) is 3. The third-order valence-electron chi connectivity index (χ3n) is 2.62. The van der Waals surface area contributed by atoms with Crippen LogP contribution in [0.5, 0.6) is 0 Å². The van der Waals surface area contributed by atoms with E-state index in [0.717, 1.165) is 32.4 Å². The quantitative estimate of drug-likeness (QED) is 0.516. The van der Waals surface area contributed by atoms with E-state index in [1.165, 1.54) is 0 Å². The number of carbonyl (C=O) groups excluding carboxylic acids is 1. The van der Waals surface area contributed by atoms with E-state index >= 15 is 0 Å². The first-order valence-electron chi connectivity index (χ1n) is 6.23. The van der Waals surface area contributed by atoms with Crippen molar-refractivity contribution in [3.8, 4) is 0 Å². The molecule has 3 N–H and O–H groups in total. The van der Waals surface area contributed by atoms with Crippen LogP contribution >= 0.6 is 0 Å². The molecule has 0 rings (SSSR count). The largest absolute Gasteiger partial charge is 0.396 e. The minimum absolute atomic E-state index is 0.0599. The van der Waals surface area contributed by atoms with E-state index in [4.69, 9.17) is 5.11 Å². The van der Waals surface area contributed by atoms with Gasteiger partial charge in [0.2, 0.25) is 5.91 Å². The monoisotopic (exact) mass is 230 g/mol. The molecule has 16 heavy (non-hydrogen) atoms. The highest BCUT2D eigenvalue weighted by Gasteiger charge is 2.12. The van der Waals surface area contributed by atoms with Crippen LogP contribution in [0, 0.1) is 5.92 Å². The van der Waals surface area contributed by atoms with Crippen LogP contribution in [0.1, 0.15) is 40.0 Å². The minimum atomic E-state index is -0.155. The van der Waals surface area contributed by atoms with Gasteiger partial charge in [-0.05, 0) is 32.2 Å². The van der Waals surface area contributed by atoms with Crippen LogP contribution in [0.15, 0.2) is 0 Å². The summed E-state index contributed by atoms with van der Waals surface area (Å²) in [6, 6.07) is -0.155. The fourth-order valence-electron chi connectivity index (χ4n) is 1.33. The van der Waals surface area contributed by atoms with Gasteiger partial charge in [-0.1, -0.05) is 20.3 Å². The molecule has 0 aromatic rings. The summed E-state index contributed by atoms with van der Waals surface area (Å²) in [5.41, 5.74) is 0. The van der Waals surface area contributed by atoms with Crippen LogP contribution in [0.3, 0.4) is 0 Å². The molecule has 0 aromatic heterocycles. The first kappa shape index (κ1) is 15.4. The van der Waals surface area contributed by atoms with E-state index in [1.54, 1.807) is 0 Å². The van der Waals surface area contributed by atoms with Gasteiger partial charge in [-0.25, -0.2) is 0 Å². The summed E-state index contributed by atoms with van der Waals surface area (Å²) < 4.78 is 0. The van der Waals surface area contributed by atoms with Gasteiger partial charge in [0, 0.05) is 13.2 Å². The van der Waals surface area contributed by atoms with E-state index in [1.807, 2.05) is 6.92 Å². The number of rotatable bonds is 9. The molecule has 2 atom stereocenters. The molecule has 4 heteroatoms. The number of amides is 1. The fraction of sp³-hybridized carbons (Fsp3) is 0.917. The van der Waals surface area contributed by atoms with Gasteiger partial charge in [0.15, 0.2) is 0 Å². The second-order valence-electron chi connectivity index (χ2n) is 4.39. The molecule has 0 aliphatic carbocycles. The van der Waals surface area contributed by atoms with Crippen LogP contribution in [-0.4, -0.2) is 36.8 Å². The molecule has 2 unspecified atom stereocenters. The Kier molecular flexibility index (Phi) is 9.24. The van der Waals surface area contributed by atoms with Crippen molar-refractivity contribution in [2.45, 2.75) is 46.1 Å². The number of carbonyl (C=O) groups is 1. The Bertz CT molecular complexity index is 186. The summed E-state index contributed by atoms with van der Waals surface area (Å²) in [5, 5.41) is 14.8. The van der Waals surface area contributed by atoms with E-state index in [2.05, 4.69) is 24.5 Å². The number of nitrogens with one attached hydrogen (secondary N) is 2. The fourth-order valence-corrected chi connectivity index (χ4v) is 1.33. The standard InChI is InChI=1S/C12H26N2O2/c1-4-5-7-13-12(16)11(3)14-9-10(2)6-8-15/h10-11,14-15H,4-9H2,1-3H3,(H,13,16). The molecule has 0 heterocycles. The average Bonchev–Trinajstić information content (AvgIpc) is 2.26. The minimum Gasteiger partial charge on any atom is -0.396 e. The van der Waals surface area contributed by atoms with E-state index in [0.29, 0.717) is 5.92 Å². The molecule has 0 fully saturated rings. The van der Waals surface area contributed by atoms with Crippen molar-refractivity contribution >= 4 is 5.91 Å². The zero-order valence-corrected chi connectivity index (χ0v) is 10.8. The Hall–Kier alpha value is -0.610. The second kappa shape index (κ2) is 9.60. The molecule has 0 bridgehead atoms. The molecule has 0 radical (unpaired) electrons. The number of aliphatic hydroxyl groups excluding tert-OH is 1. The maximum absolute atomic E-state index is 11.6. The molecule has 1 amide bonds. The summed E-state index contributed by atoms with van der Waals surface area (Å²) in [7, 11) is 0. The van der Waals surface area contributed by atoms with E-state index in [-0.39, 0.29) is 18.6 Å². The Morgan fingerprint density at radius 3 is 2.62 bits per heavy atom. The smallest absolute Gasteiger partial charge is 0.236 e. The molecule has 0 spiro atoms. The summed E-state index contributed by atoms with van der Waals surface area (Å²) >= 11 is 0. The van der Waals surface area contributed by atoms with E-state index < -0.39 is 0 Å². The van der Waals surface area contributed by atoms with Gasteiger partial charge < -0.3 is 15.7 Å². The second-order valence-corrected chi connectivity index (χ2v) is 4.39. The molecule has 0 aliphatic heterocycles. The maximum atomic E-state index is 11.6. The Morgan fingerprint density at radius 1 is 1.38 bits per heavy atom. The van der Waals surface area contributed by atoms with Gasteiger partial charge in [0.05, 0.1) is 6.04 Å². The Balaban J connectivity index is 3.62. The van der Waals surface area contributed by atoms with Crippen molar-refractivity contribution in [3.05, 3.63) is 0 Å². The van der Waals surface area contributed by atoms with Crippen molar-refractivity contribution in [1.29, 1.82) is 0 Å². The van der Waals surface area contributed by atoms with Crippen LogP contribution in [0.25, 0.3) is 0 Å². The van der Waals surface area contributed by atoms with Gasteiger partial charge in [-0.15, -0.1) is 0 Å². The highest BCUT2D eigenvalue weighted by Crippen LogP contribution is 1.98. The summed E-state index contributed by atoms with van der Waals surface area (Å²) in [4.78, 5) is 11.6. The van der Waals surface area contributed by atoms with Gasteiger partial charge in [0.1, 0.15) is 0 Å². The predicted molar refractivity (Wildman–Crippen MR) is 66.2 cm³/mol. The van der Waals surface area contributed by atoms with Gasteiger partial charge >= 0.3 is 0 Å². The first-order chi connectivity index (χ1) is 7.61. The van der Waals surface area contributed by atoms with Crippen molar-refractivity contribution in [2.24, 2.45) is 5.92 Å². The van der Waals surface area contributed by atoms with E-state index in [9.17, 15) is 4.79 Å². The lowest BCUT2D eigenvalue weighted by Crippen LogP contribution is -2.43. The lowest BCUT2D eigenvalue weighted by Gasteiger charge is -2.16. The maximum Gasteiger partial charge on any atom is 0.236 e. The topological polar surface area (TPSA) is 61.4 Å². The average molecular weight is 230 g/mol. The van der Waals surface area contributed by atoms with Crippen LogP contribution in [-0.2, 0) is 4.79 Å². The van der Waals surface area contributed by atoms with Crippen LogP contribution in [0.4, 0.5) is 0 Å². The number of hydrogen-bond donors (Lipinski definition) is 3. The highest BCUT2D eigenvalue weighted by molar-refractivity contribution is 5.81. The summed E-state index contributed by atoms with van der Waals surface area (Å²) in [5.74, 6) is 0.459. The Labute approximate surface area is 98.8 Å². The molecule has 0 saturated carbocycles. The molecule has 4 nitrogen and oxygen atoms in total. The number of aliphatic hydroxyl groups is 1. The molecule has 0 aromatic carbocycles. The third-order valence-corrected chi connectivity index (χ3v) is 2.62. The van der Waals surface area contributed by atoms with Crippen molar-refractivity contribution in [3.63, 3.8) is 0 Å². The highest BCUT2D eigenvalue weighted by atomic mass is 16.3. The summed E-state index contributed by atoms with van der Waals surface area (Å²) in [6.07, 6.45) is 2.90. The normalized spacial score (nSPS) is 14.5. The van der Waals surface area contributed by atoms with Gasteiger partial charge in [0.25, 0.3) is 0 Å². The zero-order chi connectivity index (χ0) is 12.4. The third kappa shape index (κ3) is 7.65. The zero-order valence-electron chi connectivity index (χ0n) is 10.8. The summed E-state index contributed by atoms with van der Waals surface area (Å²) in [6.45, 7) is 7.76. The SMILES string of the molecule is CCCCNC(=O)C(C)NCC(C)CCO. The van der Waals surface area contributed by atoms with Crippen molar-refractivity contribution in [1.82, 2.24) is 10.6 Å². The molecular weight excluding hydrogens is 204 g/mol. The molecular formula is C12H26N2O2. The van der Waals surface area contributed by atoms with Crippen molar-refractivity contribution < 1.29 is 9.90 Å². The van der Waals surface area contributed by atoms with Gasteiger partial charge in [-0.3, -0.25) is 4.79 Å². The lowest BCUT2D eigenvalue weighted by molar-refractivity contribution is -0.122. The molecule has 0 saturated heterocycles. The van der Waals surface area contributed by atoms with Gasteiger partial charge in [-0.2, -0.15) is 0 Å². The Morgan fingerprint density at radius 2 is 2.06 bits per heavy atom. The lowest BCUT2D eigenvalue weighted by atomic mass is 10.1. The molecule has 0 aliphatic rings.